The molecule has 4 nitrogen and oxygen atoms in total. The molecular weight excluding hydrogens is 340 g/mol. The van der Waals surface area contributed by atoms with Gasteiger partial charge in [-0.2, -0.15) is 0 Å². The first kappa shape index (κ1) is 16.0. The minimum atomic E-state index is -4.14. The van der Waals surface area contributed by atoms with Crippen molar-refractivity contribution in [2.75, 3.05) is 4.72 Å². The van der Waals surface area contributed by atoms with Crippen LogP contribution in [0.25, 0.3) is 0 Å². The Balaban J connectivity index is 2.40. The van der Waals surface area contributed by atoms with Crippen LogP contribution in [0.4, 0.5) is 10.1 Å². The SMILES string of the molecule is O=S(=O)(Nc1ccc(Cl)c(Cl)c1)c1cc(CO)ccc1F. The lowest BCUT2D eigenvalue weighted by molar-refractivity contribution is 0.281. The smallest absolute Gasteiger partial charge is 0.264 e. The second kappa shape index (κ2) is 6.19. The second-order valence-corrected chi connectivity index (χ2v) is 6.62. The maximum Gasteiger partial charge on any atom is 0.264 e. The van der Waals surface area contributed by atoms with Gasteiger partial charge in [0, 0.05) is 0 Å². The summed E-state index contributed by atoms with van der Waals surface area (Å²) in [5.41, 5.74) is 0.434. The summed E-state index contributed by atoms with van der Waals surface area (Å²) in [6.45, 7) is -0.393. The van der Waals surface area contributed by atoms with Gasteiger partial charge in [-0.25, -0.2) is 12.8 Å². The van der Waals surface area contributed by atoms with Crippen molar-refractivity contribution >= 4 is 38.9 Å². The summed E-state index contributed by atoms with van der Waals surface area (Å²) in [5.74, 6) is -0.917. The lowest BCUT2D eigenvalue weighted by atomic mass is 10.2. The molecular formula is C13H10Cl2FNO3S. The molecule has 0 saturated carbocycles. The van der Waals surface area contributed by atoms with Gasteiger partial charge in [-0.15, -0.1) is 0 Å². The molecule has 2 aromatic rings. The largest absolute Gasteiger partial charge is 0.392 e. The van der Waals surface area contributed by atoms with Gasteiger partial charge >= 0.3 is 0 Å². The van der Waals surface area contributed by atoms with Crippen LogP contribution >= 0.6 is 23.2 Å². The molecule has 0 aliphatic rings. The predicted molar refractivity (Wildman–Crippen MR) is 79.6 cm³/mol. The van der Waals surface area contributed by atoms with Crippen molar-refractivity contribution in [2.45, 2.75) is 11.5 Å². The highest BCUT2D eigenvalue weighted by molar-refractivity contribution is 7.92. The molecule has 0 heterocycles. The molecule has 0 amide bonds. The van der Waals surface area contributed by atoms with E-state index >= 15 is 0 Å². The number of benzene rings is 2. The van der Waals surface area contributed by atoms with Crippen LogP contribution in [-0.4, -0.2) is 13.5 Å². The number of aliphatic hydroxyl groups is 1. The summed E-state index contributed by atoms with van der Waals surface area (Å²) in [5, 5.41) is 9.44. The molecule has 0 bridgehead atoms. The molecule has 0 unspecified atom stereocenters. The van der Waals surface area contributed by atoms with Crippen molar-refractivity contribution in [2.24, 2.45) is 0 Å². The topological polar surface area (TPSA) is 66.4 Å². The monoisotopic (exact) mass is 349 g/mol. The number of rotatable bonds is 4. The molecule has 21 heavy (non-hydrogen) atoms. The normalized spacial score (nSPS) is 11.4. The first-order valence-electron chi connectivity index (χ1n) is 5.70. The average Bonchev–Trinajstić information content (AvgIpc) is 2.43. The fourth-order valence-corrected chi connectivity index (χ4v) is 3.10. The van der Waals surface area contributed by atoms with Crippen LogP contribution in [0.15, 0.2) is 41.3 Å². The van der Waals surface area contributed by atoms with Crippen molar-refractivity contribution in [1.82, 2.24) is 0 Å². The van der Waals surface area contributed by atoms with E-state index in [1.807, 2.05) is 0 Å². The molecule has 2 N–H and O–H groups in total. The highest BCUT2D eigenvalue weighted by atomic mass is 35.5. The summed E-state index contributed by atoms with van der Waals surface area (Å²) >= 11 is 11.5. The van der Waals surface area contributed by atoms with Crippen molar-refractivity contribution in [3.05, 3.63) is 57.8 Å². The van der Waals surface area contributed by atoms with Crippen molar-refractivity contribution in [1.29, 1.82) is 0 Å². The molecule has 0 atom stereocenters. The highest BCUT2D eigenvalue weighted by Gasteiger charge is 2.20. The van der Waals surface area contributed by atoms with E-state index in [9.17, 15) is 12.8 Å². The van der Waals surface area contributed by atoms with Gasteiger partial charge < -0.3 is 5.11 Å². The minimum Gasteiger partial charge on any atom is -0.392 e. The first-order valence-corrected chi connectivity index (χ1v) is 7.94. The third-order valence-corrected chi connectivity index (χ3v) is 4.77. The highest BCUT2D eigenvalue weighted by Crippen LogP contribution is 2.27. The molecule has 0 spiro atoms. The summed E-state index contributed by atoms with van der Waals surface area (Å²) in [4.78, 5) is -0.555. The lowest BCUT2D eigenvalue weighted by Crippen LogP contribution is -2.15. The molecule has 0 aliphatic heterocycles. The Morgan fingerprint density at radius 3 is 2.43 bits per heavy atom. The molecule has 0 saturated heterocycles. The van der Waals surface area contributed by atoms with Gasteiger partial charge in [0.15, 0.2) is 0 Å². The van der Waals surface area contributed by atoms with Crippen LogP contribution in [-0.2, 0) is 16.6 Å². The summed E-state index contributed by atoms with van der Waals surface area (Å²) in [6, 6.07) is 7.48. The Labute approximate surface area is 131 Å². The van der Waals surface area contributed by atoms with Crippen LogP contribution in [0.5, 0.6) is 0 Å². The van der Waals surface area contributed by atoms with E-state index in [1.165, 1.54) is 24.3 Å². The number of hydrogen-bond donors (Lipinski definition) is 2. The van der Waals surface area contributed by atoms with E-state index in [0.717, 1.165) is 12.1 Å². The van der Waals surface area contributed by atoms with Crippen LogP contribution < -0.4 is 4.72 Å². The van der Waals surface area contributed by atoms with Gasteiger partial charge in [0.1, 0.15) is 10.7 Å². The molecule has 0 radical (unpaired) electrons. The summed E-state index contributed by atoms with van der Waals surface area (Å²) < 4.78 is 40.3. The zero-order chi connectivity index (χ0) is 15.6. The van der Waals surface area contributed by atoms with Gasteiger partial charge in [-0.3, -0.25) is 4.72 Å². The van der Waals surface area contributed by atoms with E-state index in [4.69, 9.17) is 28.3 Å². The van der Waals surface area contributed by atoms with Gasteiger partial charge in [-0.1, -0.05) is 29.3 Å². The number of nitrogens with one attached hydrogen (secondary N) is 1. The van der Waals surface area contributed by atoms with E-state index in [2.05, 4.69) is 4.72 Å². The van der Waals surface area contributed by atoms with Crippen LogP contribution in [0.1, 0.15) is 5.56 Å². The Bertz CT molecular complexity index is 781. The Kier molecular flexibility index (Phi) is 4.73. The molecule has 0 aromatic heterocycles. The summed E-state index contributed by atoms with van der Waals surface area (Å²) in [7, 11) is -4.14. The predicted octanol–water partition coefficient (Wildman–Crippen LogP) is 3.43. The number of anilines is 1. The molecule has 2 rings (SSSR count). The van der Waals surface area contributed by atoms with Crippen LogP contribution in [0.3, 0.4) is 0 Å². The zero-order valence-electron chi connectivity index (χ0n) is 10.5. The van der Waals surface area contributed by atoms with E-state index < -0.39 is 27.3 Å². The Morgan fingerprint density at radius 1 is 1.10 bits per heavy atom. The van der Waals surface area contributed by atoms with Gasteiger partial charge in [-0.05, 0) is 35.9 Å². The van der Waals surface area contributed by atoms with Gasteiger partial charge in [0.25, 0.3) is 10.0 Å². The van der Waals surface area contributed by atoms with E-state index in [0.29, 0.717) is 0 Å². The quantitative estimate of drug-likeness (QED) is 0.888. The second-order valence-electron chi connectivity index (χ2n) is 4.16. The van der Waals surface area contributed by atoms with Crippen molar-refractivity contribution < 1.29 is 17.9 Å². The standard InChI is InChI=1S/C13H10Cl2FNO3S/c14-10-3-2-9(6-11(10)15)17-21(19,20)13-5-8(7-18)1-4-12(13)16/h1-6,17-18H,7H2. The number of sulfonamides is 1. The van der Waals surface area contributed by atoms with Gasteiger partial charge in [0.2, 0.25) is 0 Å². The average molecular weight is 350 g/mol. The van der Waals surface area contributed by atoms with Gasteiger partial charge in [0.05, 0.1) is 22.3 Å². The fraction of sp³-hybridized carbons (Fsp3) is 0.0769. The van der Waals surface area contributed by atoms with E-state index in [1.54, 1.807) is 0 Å². The summed E-state index contributed by atoms with van der Waals surface area (Å²) in [6.07, 6.45) is 0. The molecule has 2 aromatic carbocycles. The lowest BCUT2D eigenvalue weighted by Gasteiger charge is -2.10. The molecule has 8 heteroatoms. The van der Waals surface area contributed by atoms with Crippen LogP contribution in [0, 0.1) is 5.82 Å². The number of aliphatic hydroxyl groups excluding tert-OH is 1. The fourth-order valence-electron chi connectivity index (χ4n) is 1.62. The Hall–Kier alpha value is -1.34. The molecule has 112 valence electrons. The maximum absolute atomic E-state index is 13.7. The Morgan fingerprint density at radius 2 is 1.81 bits per heavy atom. The maximum atomic E-state index is 13.7. The minimum absolute atomic E-state index is 0.151. The molecule has 0 aliphatic carbocycles. The number of hydrogen-bond acceptors (Lipinski definition) is 3. The number of halogens is 3. The van der Waals surface area contributed by atoms with E-state index in [-0.39, 0.29) is 21.3 Å². The van der Waals surface area contributed by atoms with Crippen molar-refractivity contribution in [3.8, 4) is 0 Å². The third-order valence-electron chi connectivity index (χ3n) is 2.64. The van der Waals surface area contributed by atoms with Crippen LogP contribution in [0.2, 0.25) is 10.0 Å². The first-order chi connectivity index (χ1) is 9.83. The third kappa shape index (κ3) is 3.65. The molecule has 0 fully saturated rings. The van der Waals surface area contributed by atoms with Crippen molar-refractivity contribution in [3.63, 3.8) is 0 Å². The zero-order valence-corrected chi connectivity index (χ0v) is 12.8.